The SMILES string of the molecule is Cc1nn(C)c(C)c1C(C)N(C)CC1CCCCN1. The first-order valence-corrected chi connectivity index (χ1v) is 7.44. The lowest BCUT2D eigenvalue weighted by molar-refractivity contribution is 0.213. The molecule has 2 unspecified atom stereocenters. The van der Waals surface area contributed by atoms with E-state index >= 15 is 0 Å². The second-order valence-electron chi connectivity index (χ2n) is 5.97. The van der Waals surface area contributed by atoms with Gasteiger partial charge in [-0.1, -0.05) is 6.42 Å². The molecule has 1 aromatic rings. The number of piperidine rings is 1. The number of nitrogens with zero attached hydrogens (tertiary/aromatic N) is 3. The van der Waals surface area contributed by atoms with Gasteiger partial charge in [0.15, 0.2) is 0 Å². The summed E-state index contributed by atoms with van der Waals surface area (Å²) < 4.78 is 1.99. The van der Waals surface area contributed by atoms with Crippen molar-refractivity contribution in [1.82, 2.24) is 20.0 Å². The van der Waals surface area contributed by atoms with Gasteiger partial charge in [-0.25, -0.2) is 0 Å². The maximum atomic E-state index is 4.54. The molecule has 4 heteroatoms. The molecular formula is C15H28N4. The second kappa shape index (κ2) is 6.06. The summed E-state index contributed by atoms with van der Waals surface area (Å²) >= 11 is 0. The van der Waals surface area contributed by atoms with Gasteiger partial charge in [0.25, 0.3) is 0 Å². The van der Waals surface area contributed by atoms with Gasteiger partial charge < -0.3 is 5.32 Å². The van der Waals surface area contributed by atoms with Crippen LogP contribution in [0, 0.1) is 13.8 Å². The van der Waals surface area contributed by atoms with Crippen LogP contribution in [0.4, 0.5) is 0 Å². The first-order valence-electron chi connectivity index (χ1n) is 7.44. The van der Waals surface area contributed by atoms with E-state index in [9.17, 15) is 0 Å². The largest absolute Gasteiger partial charge is 0.313 e. The summed E-state index contributed by atoms with van der Waals surface area (Å²) in [6.07, 6.45) is 4.00. The number of rotatable bonds is 4. The van der Waals surface area contributed by atoms with Crippen LogP contribution in [0.2, 0.25) is 0 Å². The molecule has 0 spiro atoms. The van der Waals surface area contributed by atoms with Gasteiger partial charge in [0, 0.05) is 36.9 Å². The minimum Gasteiger partial charge on any atom is -0.313 e. The molecule has 0 aromatic carbocycles. The third kappa shape index (κ3) is 3.18. The van der Waals surface area contributed by atoms with E-state index in [2.05, 4.69) is 43.1 Å². The van der Waals surface area contributed by atoms with Gasteiger partial charge in [-0.3, -0.25) is 9.58 Å². The summed E-state index contributed by atoms with van der Waals surface area (Å²) in [5, 5.41) is 8.16. The minimum atomic E-state index is 0.428. The molecule has 1 aliphatic heterocycles. The summed E-state index contributed by atoms with van der Waals surface area (Å²) in [6.45, 7) is 8.87. The van der Waals surface area contributed by atoms with Crippen molar-refractivity contribution in [1.29, 1.82) is 0 Å². The second-order valence-corrected chi connectivity index (χ2v) is 5.97. The molecule has 0 bridgehead atoms. The van der Waals surface area contributed by atoms with Crippen molar-refractivity contribution < 1.29 is 0 Å². The predicted molar refractivity (Wildman–Crippen MR) is 79.4 cm³/mol. The predicted octanol–water partition coefficient (Wildman–Crippen LogP) is 2.17. The zero-order valence-electron chi connectivity index (χ0n) is 13.0. The monoisotopic (exact) mass is 264 g/mol. The Bertz CT molecular complexity index is 418. The molecule has 0 aliphatic carbocycles. The number of nitrogens with one attached hydrogen (secondary N) is 1. The van der Waals surface area contributed by atoms with Crippen molar-refractivity contribution in [2.45, 2.75) is 52.1 Å². The fraction of sp³-hybridized carbons (Fsp3) is 0.800. The number of aromatic nitrogens is 2. The van der Waals surface area contributed by atoms with Crippen LogP contribution in [0.1, 0.15) is 49.2 Å². The standard InChI is InChI=1S/C15H28N4/c1-11-15(13(3)19(5)17-11)12(2)18(4)10-14-8-6-7-9-16-14/h12,14,16H,6-10H2,1-5H3. The van der Waals surface area contributed by atoms with Crippen LogP contribution in [0.5, 0.6) is 0 Å². The van der Waals surface area contributed by atoms with Crippen molar-refractivity contribution in [3.63, 3.8) is 0 Å². The highest BCUT2D eigenvalue weighted by molar-refractivity contribution is 5.27. The fourth-order valence-electron chi connectivity index (χ4n) is 3.20. The number of aryl methyl sites for hydroxylation is 2. The first kappa shape index (κ1) is 14.5. The van der Waals surface area contributed by atoms with Crippen LogP contribution < -0.4 is 5.32 Å². The van der Waals surface area contributed by atoms with Gasteiger partial charge in [0.05, 0.1) is 5.69 Å². The summed E-state index contributed by atoms with van der Waals surface area (Å²) in [5.41, 5.74) is 3.84. The molecule has 108 valence electrons. The van der Waals surface area contributed by atoms with Crippen LogP contribution in [0.25, 0.3) is 0 Å². The van der Waals surface area contributed by atoms with E-state index in [1.54, 1.807) is 0 Å². The summed E-state index contributed by atoms with van der Waals surface area (Å²) in [6, 6.07) is 1.08. The number of hydrogen-bond donors (Lipinski definition) is 1. The summed E-state index contributed by atoms with van der Waals surface area (Å²) in [5.74, 6) is 0. The van der Waals surface area contributed by atoms with E-state index in [4.69, 9.17) is 0 Å². The highest BCUT2D eigenvalue weighted by Gasteiger charge is 2.22. The molecule has 1 aliphatic rings. The average molecular weight is 264 g/mol. The Labute approximate surface area is 117 Å². The van der Waals surface area contributed by atoms with Gasteiger partial charge in [-0.2, -0.15) is 5.10 Å². The van der Waals surface area contributed by atoms with Crippen LogP contribution in [-0.4, -0.2) is 40.9 Å². The van der Waals surface area contributed by atoms with Gasteiger partial charge in [0.1, 0.15) is 0 Å². The fourth-order valence-corrected chi connectivity index (χ4v) is 3.20. The smallest absolute Gasteiger partial charge is 0.0644 e. The zero-order valence-corrected chi connectivity index (χ0v) is 13.0. The Kier molecular flexibility index (Phi) is 4.63. The van der Waals surface area contributed by atoms with Crippen LogP contribution in [0.3, 0.4) is 0 Å². The molecule has 2 atom stereocenters. The Morgan fingerprint density at radius 2 is 2.16 bits per heavy atom. The van der Waals surface area contributed by atoms with E-state index in [1.165, 1.54) is 37.1 Å². The van der Waals surface area contributed by atoms with E-state index in [1.807, 2.05) is 11.7 Å². The lowest BCUT2D eigenvalue weighted by Gasteiger charge is -2.32. The van der Waals surface area contributed by atoms with Crippen molar-refractivity contribution in [2.75, 3.05) is 20.1 Å². The molecule has 19 heavy (non-hydrogen) atoms. The molecule has 4 nitrogen and oxygen atoms in total. The third-order valence-electron chi connectivity index (χ3n) is 4.56. The van der Waals surface area contributed by atoms with E-state index in [-0.39, 0.29) is 0 Å². The lowest BCUT2D eigenvalue weighted by Crippen LogP contribution is -2.43. The molecule has 1 saturated heterocycles. The van der Waals surface area contributed by atoms with Crippen LogP contribution in [-0.2, 0) is 7.05 Å². The Morgan fingerprint density at radius 3 is 2.68 bits per heavy atom. The van der Waals surface area contributed by atoms with Crippen LogP contribution in [0.15, 0.2) is 0 Å². The molecular weight excluding hydrogens is 236 g/mol. The highest BCUT2D eigenvalue weighted by atomic mass is 15.3. The summed E-state index contributed by atoms with van der Waals surface area (Å²) in [4.78, 5) is 2.46. The van der Waals surface area contributed by atoms with Gasteiger partial charge in [-0.05, 0) is 47.2 Å². The number of likely N-dealkylation sites (N-methyl/N-ethyl adjacent to an activating group) is 1. The molecule has 0 radical (unpaired) electrons. The van der Waals surface area contributed by atoms with Crippen molar-refractivity contribution in [2.24, 2.45) is 7.05 Å². The number of hydrogen-bond acceptors (Lipinski definition) is 3. The highest BCUT2D eigenvalue weighted by Crippen LogP contribution is 2.25. The Hall–Kier alpha value is -0.870. The Balaban J connectivity index is 2.03. The molecule has 1 aromatic heterocycles. The lowest BCUT2D eigenvalue weighted by atomic mass is 10.0. The molecule has 0 saturated carbocycles. The topological polar surface area (TPSA) is 33.1 Å². The van der Waals surface area contributed by atoms with Crippen LogP contribution >= 0.6 is 0 Å². The molecule has 2 heterocycles. The maximum Gasteiger partial charge on any atom is 0.0644 e. The van der Waals surface area contributed by atoms with Crippen molar-refractivity contribution >= 4 is 0 Å². The third-order valence-corrected chi connectivity index (χ3v) is 4.56. The van der Waals surface area contributed by atoms with Gasteiger partial charge >= 0.3 is 0 Å². The first-order chi connectivity index (χ1) is 9.00. The van der Waals surface area contributed by atoms with Crippen molar-refractivity contribution in [3.8, 4) is 0 Å². The van der Waals surface area contributed by atoms with E-state index < -0.39 is 0 Å². The minimum absolute atomic E-state index is 0.428. The normalized spacial score (nSPS) is 21.9. The molecule has 1 N–H and O–H groups in total. The zero-order chi connectivity index (χ0) is 14.0. The molecule has 2 rings (SSSR count). The maximum absolute atomic E-state index is 4.54. The van der Waals surface area contributed by atoms with E-state index in [0.717, 1.165) is 12.2 Å². The van der Waals surface area contributed by atoms with E-state index in [0.29, 0.717) is 12.1 Å². The average Bonchev–Trinajstić information content (AvgIpc) is 2.63. The summed E-state index contributed by atoms with van der Waals surface area (Å²) in [7, 11) is 4.26. The van der Waals surface area contributed by atoms with Crippen molar-refractivity contribution in [3.05, 3.63) is 17.0 Å². The molecule has 1 fully saturated rings. The quantitative estimate of drug-likeness (QED) is 0.905. The van der Waals surface area contributed by atoms with Gasteiger partial charge in [-0.15, -0.1) is 0 Å². The Morgan fingerprint density at radius 1 is 1.42 bits per heavy atom. The van der Waals surface area contributed by atoms with Gasteiger partial charge in [0.2, 0.25) is 0 Å². The molecule has 0 amide bonds.